The van der Waals surface area contributed by atoms with Crippen LogP contribution in [0.3, 0.4) is 0 Å². The summed E-state index contributed by atoms with van der Waals surface area (Å²) in [5.74, 6) is 0.851. The van der Waals surface area contributed by atoms with Crippen molar-refractivity contribution >= 4 is 12.9 Å². The van der Waals surface area contributed by atoms with Crippen LogP contribution < -0.4 is 10.2 Å². The molecule has 0 aliphatic rings. The van der Waals surface area contributed by atoms with Gasteiger partial charge in [-0.15, -0.1) is 0 Å². The summed E-state index contributed by atoms with van der Waals surface area (Å²) >= 11 is 0. The molecule has 1 N–H and O–H groups in total. The molecular weight excluding hydrogens is 151 g/mol. The zero-order chi connectivity index (χ0) is 8.97. The Kier molecular flexibility index (Phi) is 3.17. The average molecular weight is 164 g/mol. The van der Waals surface area contributed by atoms with Gasteiger partial charge in [0.15, 0.2) is 0 Å². The van der Waals surface area contributed by atoms with E-state index in [0.29, 0.717) is 0 Å². The Morgan fingerprint density at radius 2 is 2.25 bits per heavy atom. The normalized spacial score (nSPS) is 9.58. The lowest BCUT2D eigenvalue weighted by atomic mass is 9.83. The van der Waals surface area contributed by atoms with Gasteiger partial charge in [0.1, 0.15) is 5.75 Å². The second-order valence-corrected chi connectivity index (χ2v) is 2.65. The molecule has 1 aromatic carbocycles. The zero-order valence-corrected chi connectivity index (χ0v) is 7.50. The molecule has 3 heteroatoms. The van der Waals surface area contributed by atoms with Crippen LogP contribution in [0.4, 0.5) is 0 Å². The van der Waals surface area contributed by atoms with E-state index in [9.17, 15) is 0 Å². The molecule has 64 valence electrons. The van der Waals surface area contributed by atoms with Gasteiger partial charge in [-0.1, -0.05) is 13.0 Å². The van der Waals surface area contributed by atoms with E-state index in [1.165, 1.54) is 0 Å². The maximum atomic E-state index is 8.97. The van der Waals surface area contributed by atoms with Crippen LogP contribution in [0.2, 0.25) is 0 Å². The maximum absolute atomic E-state index is 8.97. The van der Waals surface area contributed by atoms with Crippen molar-refractivity contribution in [3.8, 4) is 5.75 Å². The predicted octanol–water partition coefficient (Wildman–Crippen LogP) is 0.227. The largest absolute Gasteiger partial charge is 0.497 e. The van der Waals surface area contributed by atoms with Crippen LogP contribution in [0.15, 0.2) is 18.2 Å². The monoisotopic (exact) mass is 164 g/mol. The SMILES string of the molecule is CCc1cc(OC)ccc1BO. The molecule has 0 aromatic heterocycles. The highest BCUT2D eigenvalue weighted by molar-refractivity contribution is 6.46. The van der Waals surface area contributed by atoms with Crippen molar-refractivity contribution in [1.82, 2.24) is 0 Å². The topological polar surface area (TPSA) is 29.5 Å². The quantitative estimate of drug-likeness (QED) is 0.647. The van der Waals surface area contributed by atoms with Crippen molar-refractivity contribution in [2.45, 2.75) is 13.3 Å². The minimum Gasteiger partial charge on any atom is -0.497 e. The number of hydrogen-bond donors (Lipinski definition) is 1. The Morgan fingerprint density at radius 3 is 2.75 bits per heavy atom. The first-order valence-electron chi connectivity index (χ1n) is 4.08. The molecule has 2 nitrogen and oxygen atoms in total. The van der Waals surface area contributed by atoms with Crippen LogP contribution in [0.1, 0.15) is 12.5 Å². The van der Waals surface area contributed by atoms with Gasteiger partial charge in [-0.3, -0.25) is 0 Å². The maximum Gasteiger partial charge on any atom is 0.305 e. The third-order valence-electron chi connectivity index (χ3n) is 1.96. The lowest BCUT2D eigenvalue weighted by Crippen LogP contribution is -2.18. The van der Waals surface area contributed by atoms with Gasteiger partial charge >= 0.3 is 7.48 Å². The Hall–Kier alpha value is -0.955. The summed E-state index contributed by atoms with van der Waals surface area (Å²) in [7, 11) is 1.75. The second kappa shape index (κ2) is 4.17. The molecule has 12 heavy (non-hydrogen) atoms. The van der Waals surface area contributed by atoms with Gasteiger partial charge < -0.3 is 9.76 Å². The molecule has 1 aromatic rings. The van der Waals surface area contributed by atoms with E-state index in [2.05, 4.69) is 6.92 Å². The molecule has 0 saturated carbocycles. The van der Waals surface area contributed by atoms with Crippen LogP contribution in [0.25, 0.3) is 0 Å². The molecule has 0 unspecified atom stereocenters. The number of aryl methyl sites for hydroxylation is 1. The van der Waals surface area contributed by atoms with E-state index in [0.717, 1.165) is 23.2 Å². The highest BCUT2D eigenvalue weighted by atomic mass is 16.5. The van der Waals surface area contributed by atoms with E-state index in [1.54, 1.807) is 7.11 Å². The third-order valence-corrected chi connectivity index (χ3v) is 1.96. The van der Waals surface area contributed by atoms with Gasteiger partial charge in [-0.05, 0) is 29.6 Å². The van der Waals surface area contributed by atoms with Crippen molar-refractivity contribution in [3.63, 3.8) is 0 Å². The summed E-state index contributed by atoms with van der Waals surface area (Å²) in [5, 5.41) is 8.97. The Morgan fingerprint density at radius 1 is 1.50 bits per heavy atom. The van der Waals surface area contributed by atoms with Crippen molar-refractivity contribution < 1.29 is 9.76 Å². The van der Waals surface area contributed by atoms with Crippen LogP contribution in [-0.2, 0) is 6.42 Å². The smallest absolute Gasteiger partial charge is 0.305 e. The van der Waals surface area contributed by atoms with Crippen molar-refractivity contribution in [1.29, 1.82) is 0 Å². The number of ether oxygens (including phenoxy) is 1. The van der Waals surface area contributed by atoms with E-state index in [-0.39, 0.29) is 7.48 Å². The fourth-order valence-electron chi connectivity index (χ4n) is 1.21. The number of methoxy groups -OCH3 is 1. The van der Waals surface area contributed by atoms with Crippen LogP contribution >= 0.6 is 0 Å². The molecule has 0 saturated heterocycles. The van der Waals surface area contributed by atoms with Gasteiger partial charge in [-0.25, -0.2) is 0 Å². The molecule has 0 spiro atoms. The Balaban J connectivity index is 3.02. The van der Waals surface area contributed by atoms with Crippen LogP contribution in [0, 0.1) is 0 Å². The van der Waals surface area contributed by atoms with Gasteiger partial charge in [0.05, 0.1) is 7.11 Å². The highest BCUT2D eigenvalue weighted by Gasteiger charge is 2.01. The highest BCUT2D eigenvalue weighted by Crippen LogP contribution is 2.10. The fraction of sp³-hybridized carbons (Fsp3) is 0.333. The van der Waals surface area contributed by atoms with Gasteiger partial charge in [0, 0.05) is 0 Å². The first kappa shape index (κ1) is 9.14. The minimum atomic E-state index is 0.104. The zero-order valence-electron chi connectivity index (χ0n) is 7.50. The lowest BCUT2D eigenvalue weighted by molar-refractivity contribution is 0.414. The second-order valence-electron chi connectivity index (χ2n) is 2.65. The summed E-state index contributed by atoms with van der Waals surface area (Å²) in [6, 6.07) is 5.73. The van der Waals surface area contributed by atoms with Gasteiger partial charge in [0.2, 0.25) is 0 Å². The van der Waals surface area contributed by atoms with E-state index >= 15 is 0 Å². The summed E-state index contributed by atoms with van der Waals surface area (Å²) in [6.45, 7) is 2.06. The first-order valence-corrected chi connectivity index (χ1v) is 4.08. The number of hydrogen-bond acceptors (Lipinski definition) is 2. The molecule has 0 amide bonds. The number of rotatable bonds is 3. The molecule has 0 bridgehead atoms. The van der Waals surface area contributed by atoms with Gasteiger partial charge in [0.25, 0.3) is 0 Å². The molecule has 1 rings (SSSR count). The third kappa shape index (κ3) is 1.80. The summed E-state index contributed by atoms with van der Waals surface area (Å²) < 4.78 is 5.07. The van der Waals surface area contributed by atoms with Crippen molar-refractivity contribution in [2.75, 3.05) is 7.11 Å². The molecule has 0 radical (unpaired) electrons. The molecule has 0 aliphatic carbocycles. The molecule has 0 aliphatic heterocycles. The predicted molar refractivity (Wildman–Crippen MR) is 51.4 cm³/mol. The Labute approximate surface area is 73.5 Å². The Bertz CT molecular complexity index is 261. The molecule has 0 fully saturated rings. The first-order chi connectivity index (χ1) is 5.81. The van der Waals surface area contributed by atoms with Crippen molar-refractivity contribution in [3.05, 3.63) is 23.8 Å². The summed E-state index contributed by atoms with van der Waals surface area (Å²) in [6.07, 6.45) is 0.924. The molecule has 0 atom stereocenters. The van der Waals surface area contributed by atoms with E-state index in [1.807, 2.05) is 18.2 Å². The van der Waals surface area contributed by atoms with Crippen LogP contribution in [0.5, 0.6) is 5.75 Å². The average Bonchev–Trinajstić information content (AvgIpc) is 2.16. The van der Waals surface area contributed by atoms with E-state index in [4.69, 9.17) is 9.76 Å². The summed E-state index contributed by atoms with van der Waals surface area (Å²) in [5.41, 5.74) is 2.13. The van der Waals surface area contributed by atoms with E-state index < -0.39 is 0 Å². The van der Waals surface area contributed by atoms with Crippen molar-refractivity contribution in [2.24, 2.45) is 0 Å². The van der Waals surface area contributed by atoms with Gasteiger partial charge in [-0.2, -0.15) is 0 Å². The summed E-state index contributed by atoms with van der Waals surface area (Å²) in [4.78, 5) is 0. The standard InChI is InChI=1S/C9H13BO2/c1-3-7-6-8(12-2)4-5-9(7)10-11/h4-6,10-11H,3H2,1-2H3. The number of benzene rings is 1. The lowest BCUT2D eigenvalue weighted by Gasteiger charge is -2.06. The van der Waals surface area contributed by atoms with Crippen LogP contribution in [-0.4, -0.2) is 19.6 Å². The fourth-order valence-corrected chi connectivity index (χ4v) is 1.21. The minimum absolute atomic E-state index is 0.104. The molecule has 0 heterocycles. The molecular formula is C9H13BO2.